The molecule has 164 valence electrons. The molecule has 1 aromatic carbocycles. The first kappa shape index (κ1) is 21.2. The zero-order valence-electron chi connectivity index (χ0n) is 18.1. The van der Waals surface area contributed by atoms with Gasteiger partial charge in [0, 0.05) is 31.0 Å². The van der Waals surface area contributed by atoms with Crippen molar-refractivity contribution in [1.29, 1.82) is 0 Å². The molecule has 7 heteroatoms. The van der Waals surface area contributed by atoms with E-state index in [1.165, 1.54) is 13.8 Å². The number of carbonyl (C=O) groups is 2. The number of ether oxygens (including phenoxy) is 1. The lowest BCUT2D eigenvalue weighted by Gasteiger charge is -2.32. The molecule has 0 saturated carbocycles. The highest BCUT2D eigenvalue weighted by atomic mass is 19.1. The van der Waals surface area contributed by atoms with Gasteiger partial charge < -0.3 is 19.6 Å². The molecule has 0 radical (unpaired) electrons. The van der Waals surface area contributed by atoms with Gasteiger partial charge in [0.1, 0.15) is 5.67 Å². The van der Waals surface area contributed by atoms with Crippen LogP contribution >= 0.6 is 0 Å². The van der Waals surface area contributed by atoms with E-state index in [-0.39, 0.29) is 30.9 Å². The third-order valence-electron chi connectivity index (χ3n) is 7.28. The maximum Gasteiger partial charge on any atom is 0.264 e. The zero-order valence-corrected chi connectivity index (χ0v) is 18.1. The second kappa shape index (κ2) is 7.31. The Balaban J connectivity index is 1.70. The molecule has 0 bridgehead atoms. The smallest absolute Gasteiger partial charge is 0.264 e. The first-order valence-corrected chi connectivity index (χ1v) is 10.8. The summed E-state index contributed by atoms with van der Waals surface area (Å²) in [6.45, 7) is 5.36. The zero-order chi connectivity index (χ0) is 21.8. The number of amides is 2. The summed E-state index contributed by atoms with van der Waals surface area (Å²) in [5, 5.41) is 9.57. The summed E-state index contributed by atoms with van der Waals surface area (Å²) in [4.78, 5) is 29.7. The first-order chi connectivity index (χ1) is 14.1. The van der Waals surface area contributed by atoms with Crippen molar-refractivity contribution in [1.82, 2.24) is 4.90 Å². The molecule has 1 N–H and O–H groups in total. The molecule has 3 heterocycles. The van der Waals surface area contributed by atoms with Gasteiger partial charge in [-0.2, -0.15) is 0 Å². The molecule has 0 aliphatic carbocycles. The number of fused-ring (bicyclic) bond motifs is 2. The number of halogens is 1. The summed E-state index contributed by atoms with van der Waals surface area (Å²) < 4.78 is 21.9. The van der Waals surface area contributed by atoms with E-state index in [4.69, 9.17) is 4.74 Å². The van der Waals surface area contributed by atoms with Gasteiger partial charge in [-0.1, -0.05) is 25.1 Å². The molecule has 5 atom stereocenters. The minimum Gasteiger partial charge on any atom is -0.394 e. The van der Waals surface area contributed by atoms with Crippen LogP contribution in [0.4, 0.5) is 10.1 Å². The average molecular weight is 419 g/mol. The molecule has 6 nitrogen and oxygen atoms in total. The molecule has 1 aromatic rings. The Bertz CT molecular complexity index is 854. The van der Waals surface area contributed by atoms with Gasteiger partial charge in [0.15, 0.2) is 5.60 Å². The first-order valence-electron chi connectivity index (χ1n) is 10.8. The van der Waals surface area contributed by atoms with Crippen molar-refractivity contribution in [3.05, 3.63) is 29.8 Å². The SMILES string of the molecule is C[C@H]1[C@H](C(C)(C)F)[C@@H](CC(=O)N2CCC[C@H]2CO)O[C@]12C(=O)N(C)c1ccccc12. The van der Waals surface area contributed by atoms with Crippen LogP contribution in [0.1, 0.15) is 45.6 Å². The number of rotatable bonds is 4. The Hall–Kier alpha value is -1.99. The maximum atomic E-state index is 15.4. The fraction of sp³-hybridized carbons (Fsp3) is 0.652. The normalized spacial score (nSPS) is 33.6. The Morgan fingerprint density at radius 3 is 2.73 bits per heavy atom. The Labute approximate surface area is 177 Å². The Morgan fingerprint density at radius 2 is 2.07 bits per heavy atom. The molecule has 4 rings (SSSR count). The van der Waals surface area contributed by atoms with Crippen LogP contribution in [0.15, 0.2) is 24.3 Å². The van der Waals surface area contributed by atoms with E-state index in [2.05, 4.69) is 0 Å². The van der Waals surface area contributed by atoms with Gasteiger partial charge in [0.2, 0.25) is 5.91 Å². The van der Waals surface area contributed by atoms with E-state index in [1.807, 2.05) is 31.2 Å². The van der Waals surface area contributed by atoms with E-state index in [1.54, 1.807) is 16.8 Å². The number of alkyl halides is 1. The second-order valence-electron chi connectivity index (χ2n) is 9.42. The lowest BCUT2D eigenvalue weighted by molar-refractivity contribution is -0.150. The molecule has 2 fully saturated rings. The number of hydrogen-bond donors (Lipinski definition) is 1. The average Bonchev–Trinajstić information content (AvgIpc) is 3.34. The monoisotopic (exact) mass is 418 g/mol. The minimum atomic E-state index is -1.63. The van der Waals surface area contributed by atoms with Crippen LogP contribution in [0.2, 0.25) is 0 Å². The van der Waals surface area contributed by atoms with Gasteiger partial charge >= 0.3 is 0 Å². The minimum absolute atomic E-state index is 0.000230. The molecular formula is C23H31FN2O4. The summed E-state index contributed by atoms with van der Waals surface area (Å²) in [5.74, 6) is -1.43. The van der Waals surface area contributed by atoms with Crippen molar-refractivity contribution in [2.24, 2.45) is 11.8 Å². The van der Waals surface area contributed by atoms with Gasteiger partial charge in [-0.25, -0.2) is 4.39 Å². The van der Waals surface area contributed by atoms with E-state index < -0.39 is 29.2 Å². The highest BCUT2D eigenvalue weighted by Crippen LogP contribution is 2.57. The molecule has 2 amide bonds. The van der Waals surface area contributed by atoms with Gasteiger partial charge in [-0.3, -0.25) is 9.59 Å². The molecule has 3 aliphatic rings. The summed E-state index contributed by atoms with van der Waals surface area (Å²) in [6, 6.07) is 7.25. The molecule has 2 saturated heterocycles. The van der Waals surface area contributed by atoms with E-state index in [0.29, 0.717) is 6.54 Å². The van der Waals surface area contributed by atoms with Crippen molar-refractivity contribution in [2.45, 2.75) is 63.4 Å². The molecule has 1 spiro atoms. The number of carbonyl (C=O) groups excluding carboxylic acids is 2. The van der Waals surface area contributed by atoms with Gasteiger partial charge in [0.05, 0.1) is 30.9 Å². The van der Waals surface area contributed by atoms with E-state index in [9.17, 15) is 14.7 Å². The standard InChI is InChI=1S/C23H31FN2O4/c1-14-20(22(2,3)24)18(12-19(28)26-11-7-8-15(26)13-27)30-23(14)16-9-5-6-10-17(16)25(4)21(23)29/h5-6,9-10,14-15,18,20,27H,7-8,11-13H2,1-4H3/t14-,15-,18+,20-,23+/m0/s1. The summed E-state index contributed by atoms with van der Waals surface area (Å²) in [5.41, 5.74) is -1.42. The van der Waals surface area contributed by atoms with Crippen LogP contribution in [0.5, 0.6) is 0 Å². The Morgan fingerprint density at radius 1 is 1.37 bits per heavy atom. The number of anilines is 1. The summed E-state index contributed by atoms with van der Waals surface area (Å²) in [7, 11) is 1.70. The fourth-order valence-corrected chi connectivity index (χ4v) is 5.95. The highest BCUT2D eigenvalue weighted by Gasteiger charge is 2.66. The number of hydrogen-bond acceptors (Lipinski definition) is 4. The lowest BCUT2D eigenvalue weighted by Crippen LogP contribution is -2.44. The maximum absolute atomic E-state index is 15.4. The molecule has 3 aliphatic heterocycles. The highest BCUT2D eigenvalue weighted by molar-refractivity contribution is 6.07. The quantitative estimate of drug-likeness (QED) is 0.816. The van der Waals surface area contributed by atoms with E-state index in [0.717, 1.165) is 24.1 Å². The van der Waals surface area contributed by atoms with Crippen LogP contribution in [-0.2, 0) is 19.9 Å². The fourth-order valence-electron chi connectivity index (χ4n) is 5.95. The third-order valence-corrected chi connectivity index (χ3v) is 7.28. The number of para-hydroxylation sites is 1. The van der Waals surface area contributed by atoms with Crippen molar-refractivity contribution in [2.75, 3.05) is 25.1 Å². The molecule has 0 unspecified atom stereocenters. The number of nitrogens with zero attached hydrogens (tertiary/aromatic N) is 2. The second-order valence-corrected chi connectivity index (χ2v) is 9.42. The number of benzene rings is 1. The molecular weight excluding hydrogens is 387 g/mol. The number of likely N-dealkylation sites (N-methyl/N-ethyl adjacent to an activating group) is 1. The van der Waals surface area contributed by atoms with Crippen LogP contribution in [0, 0.1) is 11.8 Å². The molecule has 0 aromatic heterocycles. The predicted molar refractivity (Wildman–Crippen MR) is 111 cm³/mol. The number of likely N-dealkylation sites (tertiary alicyclic amines) is 1. The van der Waals surface area contributed by atoms with Crippen LogP contribution in [0.3, 0.4) is 0 Å². The van der Waals surface area contributed by atoms with Gasteiger partial charge in [-0.15, -0.1) is 0 Å². The third kappa shape index (κ3) is 2.97. The number of aliphatic hydroxyl groups excluding tert-OH is 1. The summed E-state index contributed by atoms with van der Waals surface area (Å²) in [6.07, 6.45) is 0.885. The lowest BCUT2D eigenvalue weighted by atomic mass is 9.71. The Kier molecular flexibility index (Phi) is 5.18. The van der Waals surface area contributed by atoms with Crippen LogP contribution < -0.4 is 4.90 Å². The van der Waals surface area contributed by atoms with Crippen molar-refractivity contribution in [3.63, 3.8) is 0 Å². The summed E-state index contributed by atoms with van der Waals surface area (Å²) >= 11 is 0. The number of aliphatic hydroxyl groups is 1. The van der Waals surface area contributed by atoms with E-state index >= 15 is 4.39 Å². The van der Waals surface area contributed by atoms with Gasteiger partial charge in [-0.05, 0) is 32.8 Å². The van der Waals surface area contributed by atoms with Crippen molar-refractivity contribution < 1.29 is 23.8 Å². The van der Waals surface area contributed by atoms with Gasteiger partial charge in [0.25, 0.3) is 5.91 Å². The molecule has 30 heavy (non-hydrogen) atoms. The van der Waals surface area contributed by atoms with Crippen LogP contribution in [0.25, 0.3) is 0 Å². The van der Waals surface area contributed by atoms with Crippen molar-refractivity contribution >= 4 is 17.5 Å². The van der Waals surface area contributed by atoms with Crippen LogP contribution in [-0.4, -0.2) is 59.8 Å². The predicted octanol–water partition coefficient (Wildman–Crippen LogP) is 2.63. The topological polar surface area (TPSA) is 70.1 Å². The largest absolute Gasteiger partial charge is 0.394 e. The van der Waals surface area contributed by atoms with Crippen molar-refractivity contribution in [3.8, 4) is 0 Å².